The molecule has 0 aromatic carbocycles. The van der Waals surface area contributed by atoms with Crippen molar-refractivity contribution in [2.75, 3.05) is 7.11 Å². The summed E-state index contributed by atoms with van der Waals surface area (Å²) in [5.41, 5.74) is -2.09. The molecule has 0 aliphatic carbocycles. The highest BCUT2D eigenvalue weighted by Gasteiger charge is 2.29. The Morgan fingerprint density at radius 1 is 1.60 bits per heavy atom. The summed E-state index contributed by atoms with van der Waals surface area (Å²) >= 11 is 0. The molecule has 1 aromatic rings. The van der Waals surface area contributed by atoms with E-state index in [-0.39, 0.29) is 0 Å². The van der Waals surface area contributed by atoms with Crippen LogP contribution >= 0.6 is 0 Å². The lowest BCUT2D eigenvalue weighted by Crippen LogP contribution is -2.03. The van der Waals surface area contributed by atoms with Crippen LogP contribution in [0.3, 0.4) is 0 Å². The number of methoxy groups -OCH3 is 1. The van der Waals surface area contributed by atoms with Gasteiger partial charge in [-0.05, 0) is 0 Å². The Labute approximate surface area is 81.6 Å². The molecular weight excluding hydrogens is 217 g/mol. The van der Waals surface area contributed by atoms with E-state index < -0.39 is 34.3 Å². The maximum absolute atomic E-state index is 12.9. The molecule has 0 saturated carbocycles. The van der Waals surface area contributed by atoms with Crippen LogP contribution in [0.2, 0.25) is 0 Å². The summed E-state index contributed by atoms with van der Waals surface area (Å²) in [4.78, 5) is 12.3. The van der Waals surface area contributed by atoms with Crippen molar-refractivity contribution in [1.29, 1.82) is 0 Å². The SMILES string of the molecule is COc1c(C(F)F)ncc(F)c1[N+](=O)[O-]. The van der Waals surface area contributed by atoms with Crippen LogP contribution in [0.5, 0.6) is 5.75 Å². The number of ether oxygens (including phenoxy) is 1. The van der Waals surface area contributed by atoms with Gasteiger partial charge >= 0.3 is 5.69 Å². The van der Waals surface area contributed by atoms with Gasteiger partial charge in [-0.15, -0.1) is 0 Å². The molecule has 0 radical (unpaired) electrons. The standard InChI is InChI=1S/C7H5F3N2O3/c1-15-6-4(7(9)10)11-2-3(8)5(6)12(13)14/h2,7H,1H3. The van der Waals surface area contributed by atoms with Gasteiger partial charge in [-0.2, -0.15) is 4.39 Å². The van der Waals surface area contributed by atoms with Crippen molar-refractivity contribution in [3.63, 3.8) is 0 Å². The number of rotatable bonds is 3. The fraction of sp³-hybridized carbons (Fsp3) is 0.286. The Kier molecular flexibility index (Phi) is 3.08. The van der Waals surface area contributed by atoms with Gasteiger partial charge in [-0.3, -0.25) is 10.1 Å². The Bertz CT molecular complexity index is 397. The summed E-state index contributed by atoms with van der Waals surface area (Å²) in [6.45, 7) is 0. The van der Waals surface area contributed by atoms with E-state index in [1.165, 1.54) is 0 Å². The molecule has 0 aliphatic heterocycles. The lowest BCUT2D eigenvalue weighted by atomic mass is 10.3. The summed E-state index contributed by atoms with van der Waals surface area (Å²) in [7, 11) is 0.926. The summed E-state index contributed by atoms with van der Waals surface area (Å²) in [6, 6.07) is 0. The van der Waals surface area contributed by atoms with Crippen molar-refractivity contribution in [2.24, 2.45) is 0 Å². The zero-order valence-corrected chi connectivity index (χ0v) is 7.41. The highest BCUT2D eigenvalue weighted by molar-refractivity contribution is 5.49. The van der Waals surface area contributed by atoms with Crippen molar-refractivity contribution in [3.8, 4) is 5.75 Å². The minimum absolute atomic E-state index is 0.363. The molecule has 0 saturated heterocycles. The number of nitro groups is 1. The van der Waals surface area contributed by atoms with E-state index in [1.54, 1.807) is 0 Å². The Morgan fingerprint density at radius 3 is 2.60 bits per heavy atom. The van der Waals surface area contributed by atoms with E-state index in [0.29, 0.717) is 6.20 Å². The van der Waals surface area contributed by atoms with Gasteiger partial charge < -0.3 is 4.74 Å². The van der Waals surface area contributed by atoms with Crippen LogP contribution in [0.4, 0.5) is 18.9 Å². The molecule has 8 heteroatoms. The highest BCUT2D eigenvalue weighted by Crippen LogP contribution is 2.36. The normalized spacial score (nSPS) is 10.5. The van der Waals surface area contributed by atoms with Crippen LogP contribution in [0.1, 0.15) is 12.1 Å². The molecule has 0 bridgehead atoms. The quantitative estimate of drug-likeness (QED) is 0.580. The lowest BCUT2D eigenvalue weighted by molar-refractivity contribution is -0.388. The third-order valence-electron chi connectivity index (χ3n) is 1.58. The molecule has 5 nitrogen and oxygen atoms in total. The van der Waals surface area contributed by atoms with E-state index >= 15 is 0 Å². The number of halogens is 3. The Morgan fingerprint density at radius 2 is 2.20 bits per heavy atom. The monoisotopic (exact) mass is 222 g/mol. The van der Waals surface area contributed by atoms with Gasteiger partial charge in [0.1, 0.15) is 0 Å². The second kappa shape index (κ2) is 4.11. The van der Waals surface area contributed by atoms with Crippen LogP contribution in [0.25, 0.3) is 0 Å². The van der Waals surface area contributed by atoms with Gasteiger partial charge in [-0.25, -0.2) is 13.8 Å². The molecule has 0 fully saturated rings. The number of hydrogen-bond donors (Lipinski definition) is 0. The van der Waals surface area contributed by atoms with Gasteiger partial charge in [-0.1, -0.05) is 0 Å². The maximum atomic E-state index is 12.9. The van der Waals surface area contributed by atoms with Crippen LogP contribution in [0, 0.1) is 15.9 Å². The second-order valence-electron chi connectivity index (χ2n) is 2.43. The summed E-state index contributed by atoms with van der Waals surface area (Å²) in [6.07, 6.45) is -2.71. The minimum Gasteiger partial charge on any atom is -0.489 e. The first-order valence-electron chi connectivity index (χ1n) is 3.64. The number of hydrogen-bond acceptors (Lipinski definition) is 4. The third kappa shape index (κ3) is 1.97. The maximum Gasteiger partial charge on any atom is 0.349 e. The molecule has 1 rings (SSSR count). The molecule has 82 valence electrons. The minimum atomic E-state index is -3.07. The Hall–Kier alpha value is -1.86. The van der Waals surface area contributed by atoms with Crippen molar-refractivity contribution in [2.45, 2.75) is 6.43 Å². The lowest BCUT2D eigenvalue weighted by Gasteiger charge is -2.06. The Balaban J connectivity index is 3.47. The summed E-state index contributed by atoms with van der Waals surface area (Å²) < 4.78 is 41.9. The van der Waals surface area contributed by atoms with Crippen LogP contribution in [0.15, 0.2) is 6.20 Å². The molecule has 0 amide bonds. The van der Waals surface area contributed by atoms with Crippen LogP contribution < -0.4 is 4.74 Å². The topological polar surface area (TPSA) is 65.3 Å². The van der Waals surface area contributed by atoms with Crippen molar-refractivity contribution in [1.82, 2.24) is 4.98 Å². The van der Waals surface area contributed by atoms with E-state index in [9.17, 15) is 23.3 Å². The van der Waals surface area contributed by atoms with Crippen molar-refractivity contribution in [3.05, 3.63) is 27.8 Å². The average Bonchev–Trinajstić information content (AvgIpc) is 2.15. The molecule has 0 unspecified atom stereocenters. The predicted octanol–water partition coefficient (Wildman–Crippen LogP) is 2.08. The predicted molar refractivity (Wildman–Crippen MR) is 42.4 cm³/mol. The highest BCUT2D eigenvalue weighted by atomic mass is 19.3. The van der Waals surface area contributed by atoms with Crippen molar-refractivity contribution < 1.29 is 22.8 Å². The molecule has 1 heterocycles. The first kappa shape index (κ1) is 11.2. The van der Waals surface area contributed by atoms with Crippen LogP contribution in [-0.4, -0.2) is 17.0 Å². The first-order chi connectivity index (χ1) is 6.99. The molecule has 0 spiro atoms. The van der Waals surface area contributed by atoms with E-state index in [1.807, 2.05) is 0 Å². The summed E-state index contributed by atoms with van der Waals surface area (Å²) in [5.74, 6) is -2.17. The molecular formula is C7H5F3N2O3. The molecule has 15 heavy (non-hydrogen) atoms. The van der Waals surface area contributed by atoms with Crippen molar-refractivity contribution >= 4 is 5.69 Å². The fourth-order valence-corrected chi connectivity index (χ4v) is 1.00. The van der Waals surface area contributed by atoms with E-state index in [2.05, 4.69) is 9.72 Å². The van der Waals surface area contributed by atoms with Crippen LogP contribution in [-0.2, 0) is 0 Å². The second-order valence-corrected chi connectivity index (χ2v) is 2.43. The van der Waals surface area contributed by atoms with E-state index in [4.69, 9.17) is 0 Å². The number of aromatic nitrogens is 1. The summed E-state index contributed by atoms with van der Waals surface area (Å²) in [5, 5.41) is 10.4. The first-order valence-corrected chi connectivity index (χ1v) is 3.64. The van der Waals surface area contributed by atoms with Gasteiger partial charge in [0.15, 0.2) is 5.69 Å². The van der Waals surface area contributed by atoms with E-state index in [0.717, 1.165) is 7.11 Å². The largest absolute Gasteiger partial charge is 0.489 e. The average molecular weight is 222 g/mol. The number of alkyl halides is 2. The zero-order chi connectivity index (χ0) is 11.6. The van der Waals surface area contributed by atoms with Gasteiger partial charge in [0.05, 0.1) is 18.2 Å². The third-order valence-corrected chi connectivity index (χ3v) is 1.58. The molecule has 0 N–H and O–H groups in total. The molecule has 0 aliphatic rings. The fourth-order valence-electron chi connectivity index (χ4n) is 1.00. The van der Waals surface area contributed by atoms with Gasteiger partial charge in [0.25, 0.3) is 6.43 Å². The zero-order valence-electron chi connectivity index (χ0n) is 7.41. The van der Waals surface area contributed by atoms with Gasteiger partial charge in [0.2, 0.25) is 11.6 Å². The molecule has 0 atom stereocenters. The van der Waals surface area contributed by atoms with Gasteiger partial charge in [0, 0.05) is 0 Å². The molecule has 1 aromatic heterocycles. The smallest absolute Gasteiger partial charge is 0.349 e. The number of pyridine rings is 1. The number of nitrogens with zero attached hydrogens (tertiary/aromatic N) is 2.